The smallest absolute Gasteiger partial charge is 0.257 e. The maximum atomic E-state index is 12.9. The van der Waals surface area contributed by atoms with Gasteiger partial charge in [-0.15, -0.1) is 0 Å². The largest absolute Gasteiger partial charge is 0.489 e. The third-order valence-corrected chi connectivity index (χ3v) is 7.10. The Morgan fingerprint density at radius 1 is 1.00 bits per heavy atom. The molecule has 3 saturated heterocycles. The van der Waals surface area contributed by atoms with Crippen molar-refractivity contribution < 1.29 is 9.53 Å². The van der Waals surface area contributed by atoms with E-state index in [9.17, 15) is 4.79 Å². The number of carbonyl (C=O) groups excluding carboxylic acids is 1. The van der Waals surface area contributed by atoms with Crippen LogP contribution in [0.25, 0.3) is 0 Å². The number of rotatable bonds is 4. The van der Waals surface area contributed by atoms with Crippen LogP contribution in [0.1, 0.15) is 48.9 Å². The molecule has 0 spiro atoms. The van der Waals surface area contributed by atoms with Crippen LogP contribution in [-0.2, 0) is 0 Å². The molecule has 5 heteroatoms. The van der Waals surface area contributed by atoms with Crippen molar-refractivity contribution in [3.8, 4) is 5.75 Å². The number of likely N-dealkylation sites (tertiary alicyclic amines) is 2. The minimum absolute atomic E-state index is 0.140. The Kier molecular flexibility index (Phi) is 6.05. The molecule has 0 saturated carbocycles. The maximum absolute atomic E-state index is 12.9. The Labute approximate surface area is 161 Å². The zero-order valence-electron chi connectivity index (χ0n) is 15.6. The van der Waals surface area contributed by atoms with E-state index in [1.165, 1.54) is 24.3 Å². The van der Waals surface area contributed by atoms with Crippen molar-refractivity contribution in [1.82, 2.24) is 9.80 Å². The van der Waals surface area contributed by atoms with Gasteiger partial charge in [0, 0.05) is 38.0 Å². The molecule has 3 aliphatic heterocycles. The first-order valence-electron chi connectivity index (χ1n) is 10.2. The number of ether oxygens (including phenoxy) is 1. The minimum Gasteiger partial charge on any atom is -0.489 e. The first kappa shape index (κ1) is 18.2. The standard InChI is InChI=1S/C21H30N2O2S/c24-21(23-11-4-1-5-12-23)19-6-2-3-7-20(19)25-18-8-13-22(14-9-18)17-10-15-26-16-17/h2-3,6-7,17-18H,1,4-5,8-16H2/t17-/m0/s1. The third kappa shape index (κ3) is 4.20. The van der Waals surface area contributed by atoms with E-state index < -0.39 is 0 Å². The molecule has 0 bridgehead atoms. The lowest BCUT2D eigenvalue weighted by Gasteiger charge is -2.36. The van der Waals surface area contributed by atoms with Gasteiger partial charge in [-0.2, -0.15) is 11.8 Å². The second-order valence-electron chi connectivity index (χ2n) is 7.72. The molecule has 3 fully saturated rings. The SMILES string of the molecule is O=C(c1ccccc1OC1CCN([C@H]2CCSC2)CC1)N1CCCCC1. The highest BCUT2D eigenvalue weighted by atomic mass is 32.2. The molecule has 142 valence electrons. The summed E-state index contributed by atoms with van der Waals surface area (Å²) >= 11 is 2.08. The van der Waals surface area contributed by atoms with E-state index in [0.717, 1.165) is 69.2 Å². The molecule has 0 radical (unpaired) electrons. The van der Waals surface area contributed by atoms with Gasteiger partial charge in [0.1, 0.15) is 11.9 Å². The number of carbonyl (C=O) groups is 1. The average Bonchev–Trinajstić information content (AvgIpc) is 3.24. The number of thioether (sulfide) groups is 1. The molecular formula is C21H30N2O2S. The number of benzene rings is 1. The van der Waals surface area contributed by atoms with E-state index in [0.29, 0.717) is 0 Å². The van der Waals surface area contributed by atoms with E-state index in [-0.39, 0.29) is 12.0 Å². The van der Waals surface area contributed by atoms with Crippen molar-refractivity contribution in [1.29, 1.82) is 0 Å². The molecule has 0 aliphatic carbocycles. The molecule has 26 heavy (non-hydrogen) atoms. The van der Waals surface area contributed by atoms with Gasteiger partial charge >= 0.3 is 0 Å². The van der Waals surface area contributed by atoms with Crippen LogP contribution in [0.2, 0.25) is 0 Å². The number of piperidine rings is 2. The fourth-order valence-corrected chi connectivity index (χ4v) is 5.62. The lowest BCUT2D eigenvalue weighted by Crippen LogP contribution is -2.44. The summed E-state index contributed by atoms with van der Waals surface area (Å²) in [6.07, 6.45) is 7.17. The van der Waals surface area contributed by atoms with Gasteiger partial charge in [-0.25, -0.2) is 0 Å². The lowest BCUT2D eigenvalue weighted by atomic mass is 10.0. The first-order chi connectivity index (χ1) is 12.8. The van der Waals surface area contributed by atoms with Crippen LogP contribution in [0.15, 0.2) is 24.3 Å². The zero-order chi connectivity index (χ0) is 17.8. The average molecular weight is 375 g/mol. The van der Waals surface area contributed by atoms with Crippen molar-refractivity contribution >= 4 is 17.7 Å². The van der Waals surface area contributed by atoms with Crippen LogP contribution in [-0.4, -0.2) is 65.5 Å². The summed E-state index contributed by atoms with van der Waals surface area (Å²) in [4.78, 5) is 17.6. The minimum atomic E-state index is 0.140. The maximum Gasteiger partial charge on any atom is 0.257 e. The Morgan fingerprint density at radius 3 is 2.50 bits per heavy atom. The lowest BCUT2D eigenvalue weighted by molar-refractivity contribution is 0.0687. The summed E-state index contributed by atoms with van der Waals surface area (Å²) in [5.74, 6) is 3.52. The quantitative estimate of drug-likeness (QED) is 0.805. The molecular weight excluding hydrogens is 344 g/mol. The molecule has 1 aromatic carbocycles. The predicted molar refractivity (Wildman–Crippen MR) is 107 cm³/mol. The third-order valence-electron chi connectivity index (χ3n) is 5.95. The monoisotopic (exact) mass is 374 g/mol. The number of hydrogen-bond acceptors (Lipinski definition) is 4. The van der Waals surface area contributed by atoms with Gasteiger partial charge in [0.25, 0.3) is 5.91 Å². The Balaban J connectivity index is 1.37. The van der Waals surface area contributed by atoms with E-state index in [1.54, 1.807) is 0 Å². The van der Waals surface area contributed by atoms with Crippen LogP contribution in [0.5, 0.6) is 5.75 Å². The van der Waals surface area contributed by atoms with E-state index in [4.69, 9.17) is 4.74 Å². The van der Waals surface area contributed by atoms with Gasteiger partial charge in [0.05, 0.1) is 5.56 Å². The second-order valence-corrected chi connectivity index (χ2v) is 8.87. The Morgan fingerprint density at radius 2 is 1.77 bits per heavy atom. The fraction of sp³-hybridized carbons (Fsp3) is 0.667. The molecule has 3 aliphatic rings. The summed E-state index contributed by atoms with van der Waals surface area (Å²) in [6.45, 7) is 4.01. The van der Waals surface area contributed by atoms with Crippen LogP contribution in [0, 0.1) is 0 Å². The highest BCUT2D eigenvalue weighted by molar-refractivity contribution is 7.99. The molecule has 0 aromatic heterocycles. The van der Waals surface area contributed by atoms with Crippen LogP contribution < -0.4 is 4.74 Å². The van der Waals surface area contributed by atoms with Crippen molar-refractivity contribution in [2.75, 3.05) is 37.7 Å². The summed E-state index contributed by atoms with van der Waals surface area (Å²) < 4.78 is 6.33. The van der Waals surface area contributed by atoms with Crippen LogP contribution >= 0.6 is 11.8 Å². The van der Waals surface area contributed by atoms with E-state index in [1.807, 2.05) is 29.2 Å². The number of para-hydroxylation sites is 1. The summed E-state index contributed by atoms with van der Waals surface area (Å²) in [6, 6.07) is 8.60. The van der Waals surface area contributed by atoms with Crippen LogP contribution in [0.4, 0.5) is 0 Å². The van der Waals surface area contributed by atoms with E-state index >= 15 is 0 Å². The number of nitrogens with zero attached hydrogens (tertiary/aromatic N) is 2. The molecule has 1 atom stereocenters. The molecule has 4 nitrogen and oxygen atoms in total. The summed E-state index contributed by atoms with van der Waals surface area (Å²) in [5, 5.41) is 0. The van der Waals surface area contributed by atoms with Crippen molar-refractivity contribution in [3.63, 3.8) is 0 Å². The van der Waals surface area contributed by atoms with E-state index in [2.05, 4.69) is 16.7 Å². The van der Waals surface area contributed by atoms with Crippen molar-refractivity contribution in [2.24, 2.45) is 0 Å². The summed E-state index contributed by atoms with van der Waals surface area (Å²) in [5.41, 5.74) is 0.740. The van der Waals surface area contributed by atoms with Gasteiger partial charge in [-0.1, -0.05) is 12.1 Å². The molecule has 3 heterocycles. The van der Waals surface area contributed by atoms with Gasteiger partial charge in [-0.3, -0.25) is 9.69 Å². The summed E-state index contributed by atoms with van der Waals surface area (Å²) in [7, 11) is 0. The topological polar surface area (TPSA) is 32.8 Å². The molecule has 1 amide bonds. The zero-order valence-corrected chi connectivity index (χ0v) is 16.4. The normalized spacial score (nSPS) is 25.4. The van der Waals surface area contributed by atoms with Gasteiger partial charge < -0.3 is 9.64 Å². The first-order valence-corrected chi connectivity index (χ1v) is 11.3. The Bertz CT molecular complexity index is 604. The van der Waals surface area contributed by atoms with Gasteiger partial charge in [0.15, 0.2) is 0 Å². The molecule has 0 N–H and O–H groups in total. The molecule has 4 rings (SSSR count). The molecule has 1 aromatic rings. The number of hydrogen-bond donors (Lipinski definition) is 0. The highest BCUT2D eigenvalue weighted by Gasteiger charge is 2.29. The van der Waals surface area contributed by atoms with Gasteiger partial charge in [-0.05, 0) is 56.4 Å². The predicted octanol–water partition coefficient (Wildman–Crippen LogP) is 3.66. The second kappa shape index (κ2) is 8.66. The van der Waals surface area contributed by atoms with Crippen LogP contribution in [0.3, 0.4) is 0 Å². The highest BCUT2D eigenvalue weighted by Crippen LogP contribution is 2.28. The van der Waals surface area contributed by atoms with Crippen molar-refractivity contribution in [3.05, 3.63) is 29.8 Å². The fourth-order valence-electron chi connectivity index (χ4n) is 4.36. The molecule has 0 unspecified atom stereocenters. The van der Waals surface area contributed by atoms with Gasteiger partial charge in [0.2, 0.25) is 0 Å². The Hall–Kier alpha value is -1.20. The van der Waals surface area contributed by atoms with Crippen molar-refractivity contribution in [2.45, 2.75) is 50.7 Å². The number of amides is 1.